The standard InChI is InChI=1S/C20H24N6O4/c1-12-22-18-13(19(29)23-14-5-6-16(27)24-20(14)30)3-2-4-15(18)26(12)11-17(28)25-9-7-21-8-10-25/h2-4,14,21H,5-11H2,1H3,(H,23,29)(H,24,27,30). The summed E-state index contributed by atoms with van der Waals surface area (Å²) in [5.41, 5.74) is 1.49. The molecule has 2 saturated heterocycles. The largest absolute Gasteiger partial charge is 0.340 e. The zero-order valence-electron chi connectivity index (χ0n) is 16.7. The van der Waals surface area contributed by atoms with Gasteiger partial charge >= 0.3 is 0 Å². The summed E-state index contributed by atoms with van der Waals surface area (Å²) in [6, 6.07) is 4.43. The maximum absolute atomic E-state index is 12.8. The average molecular weight is 412 g/mol. The Morgan fingerprint density at radius 2 is 2.00 bits per heavy atom. The molecular formula is C20H24N6O4. The lowest BCUT2D eigenvalue weighted by Crippen LogP contribution is -2.52. The molecule has 2 aliphatic heterocycles. The highest BCUT2D eigenvalue weighted by Crippen LogP contribution is 2.21. The number of amides is 4. The molecule has 4 rings (SSSR count). The second-order valence-corrected chi connectivity index (χ2v) is 7.53. The molecule has 4 amide bonds. The number of hydrogen-bond acceptors (Lipinski definition) is 6. The van der Waals surface area contributed by atoms with E-state index < -0.39 is 17.9 Å². The van der Waals surface area contributed by atoms with Crippen molar-refractivity contribution in [3.05, 3.63) is 29.6 Å². The van der Waals surface area contributed by atoms with Gasteiger partial charge in [-0.15, -0.1) is 0 Å². The van der Waals surface area contributed by atoms with E-state index in [0.29, 0.717) is 35.5 Å². The average Bonchev–Trinajstić information content (AvgIpc) is 3.06. The second-order valence-electron chi connectivity index (χ2n) is 7.53. The van der Waals surface area contributed by atoms with Crippen LogP contribution in [0.15, 0.2) is 18.2 Å². The Balaban J connectivity index is 1.56. The Kier molecular flexibility index (Phi) is 5.49. The van der Waals surface area contributed by atoms with Crippen LogP contribution in [0.4, 0.5) is 0 Å². The van der Waals surface area contributed by atoms with E-state index >= 15 is 0 Å². The van der Waals surface area contributed by atoms with Gasteiger partial charge in [0.05, 0.1) is 11.1 Å². The fraction of sp³-hybridized carbons (Fsp3) is 0.450. The number of piperazine rings is 1. The maximum Gasteiger partial charge on any atom is 0.254 e. The molecule has 1 atom stereocenters. The number of carbonyl (C=O) groups excluding carboxylic acids is 4. The van der Waals surface area contributed by atoms with E-state index in [1.54, 1.807) is 19.1 Å². The first-order valence-electron chi connectivity index (χ1n) is 10.0. The SMILES string of the molecule is Cc1nc2c(C(=O)NC3CCC(=O)NC3=O)cccc2n1CC(=O)N1CCNCC1. The lowest BCUT2D eigenvalue weighted by atomic mass is 10.1. The van der Waals surface area contributed by atoms with Crippen molar-refractivity contribution in [2.75, 3.05) is 26.2 Å². The number of hydrogen-bond donors (Lipinski definition) is 3. The van der Waals surface area contributed by atoms with E-state index in [1.807, 2.05) is 15.5 Å². The summed E-state index contributed by atoms with van der Waals surface area (Å²) in [5, 5.41) is 8.14. The lowest BCUT2D eigenvalue weighted by molar-refractivity contribution is -0.135. The van der Waals surface area contributed by atoms with Crippen molar-refractivity contribution in [2.24, 2.45) is 0 Å². The third-order valence-electron chi connectivity index (χ3n) is 5.52. The quantitative estimate of drug-likeness (QED) is 0.571. The van der Waals surface area contributed by atoms with Gasteiger partial charge in [0, 0.05) is 32.6 Å². The summed E-state index contributed by atoms with van der Waals surface area (Å²) in [7, 11) is 0. The highest BCUT2D eigenvalue weighted by atomic mass is 16.2. The molecule has 10 nitrogen and oxygen atoms in total. The van der Waals surface area contributed by atoms with Crippen LogP contribution in [0.1, 0.15) is 29.0 Å². The summed E-state index contributed by atoms with van der Waals surface area (Å²) in [6.45, 7) is 4.85. The first kappa shape index (κ1) is 20.0. The maximum atomic E-state index is 12.8. The first-order valence-corrected chi connectivity index (χ1v) is 10.0. The zero-order chi connectivity index (χ0) is 21.3. The first-order chi connectivity index (χ1) is 14.4. The third-order valence-corrected chi connectivity index (χ3v) is 5.52. The monoisotopic (exact) mass is 412 g/mol. The van der Waals surface area contributed by atoms with Crippen LogP contribution in [0.2, 0.25) is 0 Å². The Morgan fingerprint density at radius 1 is 1.23 bits per heavy atom. The molecular weight excluding hydrogens is 388 g/mol. The number of nitrogens with zero attached hydrogens (tertiary/aromatic N) is 3. The van der Waals surface area contributed by atoms with Gasteiger partial charge in [-0.1, -0.05) is 6.07 Å². The van der Waals surface area contributed by atoms with Crippen LogP contribution in [0.5, 0.6) is 0 Å². The van der Waals surface area contributed by atoms with Crippen molar-refractivity contribution in [2.45, 2.75) is 32.4 Å². The van der Waals surface area contributed by atoms with Crippen molar-refractivity contribution in [1.82, 2.24) is 30.4 Å². The van der Waals surface area contributed by atoms with Crippen molar-refractivity contribution < 1.29 is 19.2 Å². The van der Waals surface area contributed by atoms with E-state index in [4.69, 9.17) is 0 Å². The van der Waals surface area contributed by atoms with Gasteiger partial charge in [-0.3, -0.25) is 24.5 Å². The van der Waals surface area contributed by atoms with Crippen molar-refractivity contribution in [3.8, 4) is 0 Å². The molecule has 2 aromatic rings. The van der Waals surface area contributed by atoms with E-state index in [9.17, 15) is 19.2 Å². The fourth-order valence-corrected chi connectivity index (χ4v) is 3.86. The number of aryl methyl sites for hydroxylation is 1. The van der Waals surface area contributed by atoms with E-state index in [0.717, 1.165) is 13.1 Å². The number of benzene rings is 1. The topological polar surface area (TPSA) is 125 Å². The molecule has 3 N–H and O–H groups in total. The number of imidazole rings is 1. The van der Waals surface area contributed by atoms with Gasteiger partial charge in [0.25, 0.3) is 5.91 Å². The number of aromatic nitrogens is 2. The Morgan fingerprint density at radius 3 is 2.73 bits per heavy atom. The molecule has 3 heterocycles. The molecule has 0 saturated carbocycles. The summed E-state index contributed by atoms with van der Waals surface area (Å²) in [5.74, 6) is -0.633. The van der Waals surface area contributed by atoms with E-state index in [-0.39, 0.29) is 31.2 Å². The second kappa shape index (κ2) is 8.23. The Hall–Kier alpha value is -3.27. The molecule has 158 valence electrons. The number of imide groups is 1. The summed E-state index contributed by atoms with van der Waals surface area (Å²) in [4.78, 5) is 55.1. The number of para-hydroxylation sites is 1. The predicted octanol–water partition coefficient (Wildman–Crippen LogP) is -0.688. The predicted molar refractivity (Wildman–Crippen MR) is 108 cm³/mol. The molecule has 0 radical (unpaired) electrons. The highest BCUT2D eigenvalue weighted by molar-refractivity contribution is 6.08. The number of nitrogens with one attached hydrogen (secondary N) is 3. The smallest absolute Gasteiger partial charge is 0.254 e. The van der Waals surface area contributed by atoms with Crippen LogP contribution in [0.25, 0.3) is 11.0 Å². The van der Waals surface area contributed by atoms with Crippen molar-refractivity contribution in [3.63, 3.8) is 0 Å². The normalized spacial score (nSPS) is 19.6. The number of fused-ring (bicyclic) bond motifs is 1. The molecule has 1 unspecified atom stereocenters. The summed E-state index contributed by atoms with van der Waals surface area (Å²) in [6.07, 6.45) is 0.446. The van der Waals surface area contributed by atoms with Crippen molar-refractivity contribution >= 4 is 34.7 Å². The van der Waals surface area contributed by atoms with Crippen LogP contribution in [-0.4, -0.2) is 70.3 Å². The van der Waals surface area contributed by atoms with Gasteiger partial charge in [0.15, 0.2) is 0 Å². The van der Waals surface area contributed by atoms with Crippen molar-refractivity contribution in [1.29, 1.82) is 0 Å². The van der Waals surface area contributed by atoms with Crippen LogP contribution < -0.4 is 16.0 Å². The number of piperidine rings is 1. The summed E-state index contributed by atoms with van der Waals surface area (Å²) >= 11 is 0. The molecule has 0 bridgehead atoms. The van der Waals surface area contributed by atoms with Crippen LogP contribution in [0.3, 0.4) is 0 Å². The van der Waals surface area contributed by atoms with Crippen LogP contribution >= 0.6 is 0 Å². The Bertz CT molecular complexity index is 1020. The van der Waals surface area contributed by atoms with Gasteiger partial charge < -0.3 is 20.1 Å². The van der Waals surface area contributed by atoms with E-state index in [1.165, 1.54) is 0 Å². The van der Waals surface area contributed by atoms with Gasteiger partial charge in [-0.05, 0) is 25.5 Å². The fourth-order valence-electron chi connectivity index (χ4n) is 3.86. The molecule has 1 aromatic carbocycles. The Labute approximate surface area is 173 Å². The van der Waals surface area contributed by atoms with Gasteiger partial charge in [0.2, 0.25) is 17.7 Å². The van der Waals surface area contributed by atoms with Crippen LogP contribution in [-0.2, 0) is 20.9 Å². The number of rotatable bonds is 4. The minimum Gasteiger partial charge on any atom is -0.340 e. The zero-order valence-corrected chi connectivity index (χ0v) is 16.7. The third kappa shape index (κ3) is 3.90. The number of carbonyl (C=O) groups is 4. The van der Waals surface area contributed by atoms with Gasteiger partial charge in [-0.2, -0.15) is 0 Å². The minimum absolute atomic E-state index is 0.0114. The highest BCUT2D eigenvalue weighted by Gasteiger charge is 2.29. The van der Waals surface area contributed by atoms with Gasteiger partial charge in [-0.25, -0.2) is 4.98 Å². The molecule has 0 aliphatic carbocycles. The molecule has 30 heavy (non-hydrogen) atoms. The molecule has 1 aromatic heterocycles. The minimum atomic E-state index is -0.761. The van der Waals surface area contributed by atoms with Gasteiger partial charge in [0.1, 0.15) is 23.9 Å². The summed E-state index contributed by atoms with van der Waals surface area (Å²) < 4.78 is 1.81. The lowest BCUT2D eigenvalue weighted by Gasteiger charge is -2.27. The molecule has 2 aliphatic rings. The molecule has 2 fully saturated rings. The van der Waals surface area contributed by atoms with Crippen LogP contribution in [0, 0.1) is 6.92 Å². The molecule has 0 spiro atoms. The molecule has 10 heteroatoms. The van der Waals surface area contributed by atoms with E-state index in [2.05, 4.69) is 20.9 Å².